The smallest absolute Gasteiger partial charge is 0.155 e. The first-order valence-corrected chi connectivity index (χ1v) is 4.55. The number of hydrogen-bond donors (Lipinski definition) is 2. The van der Waals surface area contributed by atoms with Crippen LogP contribution in [0.15, 0.2) is 24.5 Å². The van der Waals surface area contributed by atoms with Gasteiger partial charge in [0.2, 0.25) is 0 Å². The van der Waals surface area contributed by atoms with Crippen LogP contribution in [0, 0.1) is 0 Å². The first kappa shape index (κ1) is 9.95. The summed E-state index contributed by atoms with van der Waals surface area (Å²) < 4.78 is 6.57. The fraction of sp³-hybridized carbons (Fsp3) is 0.300. The molecule has 0 bridgehead atoms. The maximum atomic E-state index is 9.48. The second-order valence-electron chi connectivity index (χ2n) is 3.17. The van der Waals surface area contributed by atoms with Crippen molar-refractivity contribution in [2.75, 3.05) is 13.7 Å². The Morgan fingerprint density at radius 1 is 1.53 bits per heavy atom. The van der Waals surface area contributed by atoms with Gasteiger partial charge in [0, 0.05) is 6.07 Å². The molecule has 0 fully saturated rings. The molecule has 1 unspecified atom stereocenters. The van der Waals surface area contributed by atoms with E-state index in [0.29, 0.717) is 5.75 Å². The van der Waals surface area contributed by atoms with Crippen LogP contribution in [0.4, 0.5) is 0 Å². The fourth-order valence-corrected chi connectivity index (χ4v) is 1.46. The second kappa shape index (κ2) is 3.88. The molecule has 80 valence electrons. The van der Waals surface area contributed by atoms with E-state index in [4.69, 9.17) is 9.84 Å². The number of nitrogens with zero attached hydrogens (tertiary/aromatic N) is 2. The van der Waals surface area contributed by atoms with Crippen LogP contribution in [0.25, 0.3) is 11.0 Å². The third kappa shape index (κ3) is 1.67. The van der Waals surface area contributed by atoms with Gasteiger partial charge in [-0.3, -0.25) is 0 Å². The number of aromatic nitrogens is 2. The number of ether oxygens (including phenoxy) is 1. The van der Waals surface area contributed by atoms with E-state index in [1.807, 2.05) is 0 Å². The molecule has 5 nitrogen and oxygen atoms in total. The molecule has 2 N–H and O–H groups in total. The Morgan fingerprint density at radius 2 is 2.33 bits per heavy atom. The van der Waals surface area contributed by atoms with E-state index in [-0.39, 0.29) is 6.61 Å². The SMILES string of the molecule is COc1ccc2c(c1)ncn2C(O)CO. The zero-order valence-corrected chi connectivity index (χ0v) is 8.29. The van der Waals surface area contributed by atoms with Crippen LogP contribution in [0.5, 0.6) is 5.75 Å². The number of imidazole rings is 1. The van der Waals surface area contributed by atoms with Crippen molar-refractivity contribution in [1.29, 1.82) is 0 Å². The summed E-state index contributed by atoms with van der Waals surface area (Å²) in [5.41, 5.74) is 1.49. The Hall–Kier alpha value is -1.59. The monoisotopic (exact) mass is 208 g/mol. The molecule has 2 aromatic rings. The quantitative estimate of drug-likeness (QED) is 0.772. The molecular weight excluding hydrogens is 196 g/mol. The van der Waals surface area contributed by atoms with Crippen molar-refractivity contribution in [2.24, 2.45) is 0 Å². The van der Waals surface area contributed by atoms with Crippen molar-refractivity contribution in [2.45, 2.75) is 6.23 Å². The van der Waals surface area contributed by atoms with Crippen LogP contribution < -0.4 is 4.74 Å². The van der Waals surface area contributed by atoms with E-state index < -0.39 is 6.23 Å². The molecule has 2 rings (SSSR count). The summed E-state index contributed by atoms with van der Waals surface area (Å²) in [6.07, 6.45) is 0.536. The summed E-state index contributed by atoms with van der Waals surface area (Å²) in [5, 5.41) is 18.3. The second-order valence-corrected chi connectivity index (χ2v) is 3.17. The highest BCUT2D eigenvalue weighted by atomic mass is 16.5. The largest absolute Gasteiger partial charge is 0.497 e. The van der Waals surface area contributed by atoms with E-state index in [9.17, 15) is 5.11 Å². The van der Waals surface area contributed by atoms with Crippen molar-refractivity contribution in [1.82, 2.24) is 9.55 Å². The Labute approximate surface area is 86.5 Å². The number of fused-ring (bicyclic) bond motifs is 1. The third-order valence-corrected chi connectivity index (χ3v) is 2.27. The van der Waals surface area contributed by atoms with Crippen molar-refractivity contribution in [3.8, 4) is 5.75 Å². The van der Waals surface area contributed by atoms with Gasteiger partial charge < -0.3 is 19.5 Å². The molecule has 1 aromatic carbocycles. The van der Waals surface area contributed by atoms with Crippen molar-refractivity contribution in [3.05, 3.63) is 24.5 Å². The lowest BCUT2D eigenvalue weighted by molar-refractivity contribution is 0.0422. The maximum Gasteiger partial charge on any atom is 0.155 e. The van der Waals surface area contributed by atoms with Gasteiger partial charge in [0.25, 0.3) is 0 Å². The number of aliphatic hydroxyl groups is 2. The topological polar surface area (TPSA) is 67.5 Å². The Bertz CT molecular complexity index is 467. The Kier molecular flexibility index (Phi) is 2.57. The van der Waals surface area contributed by atoms with Gasteiger partial charge in [-0.05, 0) is 12.1 Å². The molecule has 0 aliphatic rings. The summed E-state index contributed by atoms with van der Waals surface area (Å²) in [7, 11) is 1.58. The molecule has 0 radical (unpaired) electrons. The number of methoxy groups -OCH3 is 1. The van der Waals surface area contributed by atoms with Gasteiger partial charge in [0.15, 0.2) is 6.23 Å². The van der Waals surface area contributed by atoms with E-state index in [0.717, 1.165) is 11.0 Å². The molecule has 0 aliphatic carbocycles. The highest BCUT2D eigenvalue weighted by Crippen LogP contribution is 2.21. The molecule has 1 aromatic heterocycles. The van der Waals surface area contributed by atoms with Crippen molar-refractivity contribution >= 4 is 11.0 Å². The van der Waals surface area contributed by atoms with Crippen LogP contribution in [-0.4, -0.2) is 33.5 Å². The lowest BCUT2D eigenvalue weighted by Gasteiger charge is -2.09. The van der Waals surface area contributed by atoms with Crippen molar-refractivity contribution < 1.29 is 14.9 Å². The fourth-order valence-electron chi connectivity index (χ4n) is 1.46. The first-order chi connectivity index (χ1) is 7.26. The molecule has 5 heteroatoms. The van der Waals surface area contributed by atoms with Crippen LogP contribution in [-0.2, 0) is 0 Å². The predicted molar refractivity (Wildman–Crippen MR) is 54.6 cm³/mol. The zero-order chi connectivity index (χ0) is 10.8. The molecule has 0 saturated carbocycles. The average Bonchev–Trinajstić information content (AvgIpc) is 2.70. The number of benzene rings is 1. The first-order valence-electron chi connectivity index (χ1n) is 4.55. The zero-order valence-electron chi connectivity index (χ0n) is 8.29. The third-order valence-electron chi connectivity index (χ3n) is 2.27. The van der Waals surface area contributed by atoms with E-state index in [1.165, 1.54) is 10.9 Å². The van der Waals surface area contributed by atoms with Crippen LogP contribution in [0.1, 0.15) is 6.23 Å². The number of aliphatic hydroxyl groups excluding tert-OH is 2. The number of hydrogen-bond acceptors (Lipinski definition) is 4. The van der Waals surface area contributed by atoms with E-state index in [1.54, 1.807) is 25.3 Å². The number of rotatable bonds is 3. The highest BCUT2D eigenvalue weighted by Gasteiger charge is 2.09. The highest BCUT2D eigenvalue weighted by molar-refractivity contribution is 5.77. The van der Waals surface area contributed by atoms with Gasteiger partial charge in [0.05, 0.1) is 31.1 Å². The summed E-state index contributed by atoms with van der Waals surface area (Å²) in [4.78, 5) is 4.11. The maximum absolute atomic E-state index is 9.48. The van der Waals surface area contributed by atoms with Crippen LogP contribution >= 0.6 is 0 Å². The van der Waals surface area contributed by atoms with Gasteiger partial charge in [-0.15, -0.1) is 0 Å². The van der Waals surface area contributed by atoms with Gasteiger partial charge in [0.1, 0.15) is 5.75 Å². The lowest BCUT2D eigenvalue weighted by Crippen LogP contribution is -2.10. The molecule has 0 saturated heterocycles. The lowest BCUT2D eigenvalue weighted by atomic mass is 10.3. The van der Waals surface area contributed by atoms with Crippen molar-refractivity contribution in [3.63, 3.8) is 0 Å². The van der Waals surface area contributed by atoms with Gasteiger partial charge >= 0.3 is 0 Å². The summed E-state index contributed by atoms with van der Waals surface area (Å²) in [6, 6.07) is 5.35. The molecular formula is C10H12N2O3. The van der Waals surface area contributed by atoms with Gasteiger partial charge in [-0.25, -0.2) is 4.98 Å². The van der Waals surface area contributed by atoms with Crippen LogP contribution in [0.3, 0.4) is 0 Å². The minimum Gasteiger partial charge on any atom is -0.497 e. The minimum atomic E-state index is -0.955. The predicted octanol–water partition coefficient (Wildman–Crippen LogP) is 0.528. The Balaban J connectivity index is 2.52. The standard InChI is InChI=1S/C10H12N2O3/c1-15-7-2-3-9-8(4-7)11-6-12(9)10(14)5-13/h2-4,6,10,13-14H,5H2,1H3. The molecule has 15 heavy (non-hydrogen) atoms. The normalized spacial score (nSPS) is 13.0. The minimum absolute atomic E-state index is 0.336. The molecule has 1 heterocycles. The molecule has 0 aliphatic heterocycles. The van der Waals surface area contributed by atoms with Gasteiger partial charge in [-0.2, -0.15) is 0 Å². The molecule has 0 amide bonds. The van der Waals surface area contributed by atoms with Crippen LogP contribution in [0.2, 0.25) is 0 Å². The van der Waals surface area contributed by atoms with E-state index >= 15 is 0 Å². The average molecular weight is 208 g/mol. The summed E-state index contributed by atoms with van der Waals surface area (Å²) >= 11 is 0. The Morgan fingerprint density at radius 3 is 3.00 bits per heavy atom. The van der Waals surface area contributed by atoms with E-state index in [2.05, 4.69) is 4.98 Å². The summed E-state index contributed by atoms with van der Waals surface area (Å²) in [6.45, 7) is -0.336. The molecule has 0 spiro atoms. The molecule has 1 atom stereocenters. The summed E-state index contributed by atoms with van der Waals surface area (Å²) in [5.74, 6) is 0.714. The van der Waals surface area contributed by atoms with Gasteiger partial charge in [-0.1, -0.05) is 0 Å².